The van der Waals surface area contributed by atoms with E-state index in [1.54, 1.807) is 24.9 Å². The van der Waals surface area contributed by atoms with Crippen LogP contribution in [0, 0.1) is 6.92 Å². The number of methoxy groups -OCH3 is 1. The van der Waals surface area contributed by atoms with Gasteiger partial charge in [0, 0.05) is 12.7 Å². The predicted octanol–water partition coefficient (Wildman–Crippen LogP) is 6.49. The van der Waals surface area contributed by atoms with E-state index in [9.17, 15) is 14.7 Å². The highest BCUT2D eigenvalue weighted by Gasteiger charge is 2.24. The van der Waals surface area contributed by atoms with Crippen LogP contribution in [0.5, 0.6) is 0 Å². The van der Waals surface area contributed by atoms with Gasteiger partial charge in [-0.25, -0.2) is 4.79 Å². The summed E-state index contributed by atoms with van der Waals surface area (Å²) in [5, 5.41) is 14.6. The molecule has 6 heteroatoms. The third-order valence-corrected chi connectivity index (χ3v) is 7.23. The van der Waals surface area contributed by atoms with Crippen molar-refractivity contribution in [1.82, 2.24) is 5.32 Å². The van der Waals surface area contributed by atoms with E-state index in [0.717, 1.165) is 38.6 Å². The molecule has 0 radical (unpaired) electrons. The first kappa shape index (κ1) is 26.5. The Labute approximate surface area is 221 Å². The molecule has 0 heterocycles. The minimum absolute atomic E-state index is 0.348. The Kier molecular flexibility index (Phi) is 8.64. The summed E-state index contributed by atoms with van der Waals surface area (Å²) in [6, 6.07) is 26.9. The average molecular weight is 514 g/mol. The van der Waals surface area contributed by atoms with Crippen LogP contribution in [0.15, 0.2) is 84.9 Å². The molecule has 190 valence electrons. The number of fused-ring (bicyclic) bond motifs is 1. The first-order valence-corrected chi connectivity index (χ1v) is 13.6. The van der Waals surface area contributed by atoms with Crippen molar-refractivity contribution in [2.45, 2.75) is 25.5 Å². The Hall–Kier alpha value is -3.61. The Bertz CT molecular complexity index is 1410. The third-order valence-electron chi connectivity index (χ3n) is 6.58. The number of carbonyl (C=O) groups is 2. The van der Waals surface area contributed by atoms with E-state index in [1.807, 2.05) is 67.8 Å². The third kappa shape index (κ3) is 5.87. The number of thioether (sulfide) groups is 1. The fourth-order valence-electron chi connectivity index (χ4n) is 4.67. The van der Waals surface area contributed by atoms with Gasteiger partial charge in [0.05, 0.1) is 0 Å². The zero-order valence-electron chi connectivity index (χ0n) is 21.2. The fourth-order valence-corrected chi connectivity index (χ4v) is 5.14. The van der Waals surface area contributed by atoms with Crippen LogP contribution in [0.4, 0.5) is 0 Å². The average Bonchev–Trinajstić information content (AvgIpc) is 2.91. The van der Waals surface area contributed by atoms with Gasteiger partial charge in [-0.2, -0.15) is 11.8 Å². The lowest BCUT2D eigenvalue weighted by Crippen LogP contribution is -2.41. The van der Waals surface area contributed by atoms with Crippen LogP contribution in [-0.4, -0.2) is 42.1 Å². The molecule has 0 saturated heterocycles. The molecule has 0 aliphatic rings. The fraction of sp³-hybridized carbons (Fsp3) is 0.226. The van der Waals surface area contributed by atoms with E-state index in [2.05, 4.69) is 29.6 Å². The summed E-state index contributed by atoms with van der Waals surface area (Å²) in [5.74, 6) is -0.800. The van der Waals surface area contributed by atoms with E-state index in [0.29, 0.717) is 17.7 Å². The standard InChI is InChI=1S/C31H31NO4S/c1-20-9-4-6-12-23(20)27-19-22(15-16-26(27)30(33)32-28(31(34)35)17-18-37-3)29(36-2)25-14-8-11-21-10-5-7-13-24(21)25/h4-16,19,28-29H,17-18H2,1-3H3,(H,32,33)(H,34,35)/t28-,29?/m0/s1. The molecule has 0 fully saturated rings. The van der Waals surface area contributed by atoms with E-state index in [-0.39, 0.29) is 6.10 Å². The monoisotopic (exact) mass is 513 g/mol. The van der Waals surface area contributed by atoms with Crippen molar-refractivity contribution in [3.05, 3.63) is 107 Å². The van der Waals surface area contributed by atoms with Gasteiger partial charge in [-0.15, -0.1) is 0 Å². The number of benzene rings is 4. The summed E-state index contributed by atoms with van der Waals surface area (Å²) in [5.41, 5.74) is 5.05. The summed E-state index contributed by atoms with van der Waals surface area (Å²) in [6.45, 7) is 2.00. The van der Waals surface area contributed by atoms with E-state index >= 15 is 0 Å². The first-order chi connectivity index (χ1) is 17.9. The van der Waals surface area contributed by atoms with Gasteiger partial charge in [0.2, 0.25) is 0 Å². The zero-order chi connectivity index (χ0) is 26.4. The zero-order valence-corrected chi connectivity index (χ0v) is 22.0. The molecule has 1 unspecified atom stereocenters. The highest BCUT2D eigenvalue weighted by atomic mass is 32.2. The Morgan fingerprint density at radius 2 is 1.68 bits per heavy atom. The van der Waals surface area contributed by atoms with Gasteiger partial charge in [-0.05, 0) is 76.1 Å². The number of aryl methyl sites for hydroxylation is 1. The van der Waals surface area contributed by atoms with E-state index < -0.39 is 17.9 Å². The van der Waals surface area contributed by atoms with Crippen LogP contribution >= 0.6 is 11.8 Å². The van der Waals surface area contributed by atoms with Crippen LogP contribution in [0.3, 0.4) is 0 Å². The molecule has 0 aliphatic heterocycles. The van der Waals surface area contributed by atoms with E-state index in [1.165, 1.54) is 0 Å². The van der Waals surface area contributed by atoms with Crippen molar-refractivity contribution < 1.29 is 19.4 Å². The number of ether oxygens (including phenoxy) is 1. The molecule has 1 amide bonds. The Morgan fingerprint density at radius 1 is 0.946 bits per heavy atom. The van der Waals surface area contributed by atoms with Crippen molar-refractivity contribution in [3.63, 3.8) is 0 Å². The second-order valence-corrected chi connectivity index (χ2v) is 9.94. The number of amides is 1. The Morgan fingerprint density at radius 3 is 2.41 bits per heavy atom. The summed E-state index contributed by atoms with van der Waals surface area (Å²) in [4.78, 5) is 25.2. The topological polar surface area (TPSA) is 75.6 Å². The SMILES string of the molecule is COC(c1ccc(C(=O)N[C@@H](CCSC)C(=O)O)c(-c2ccccc2C)c1)c1cccc2ccccc12. The van der Waals surface area contributed by atoms with Gasteiger partial charge in [0.1, 0.15) is 12.1 Å². The van der Waals surface area contributed by atoms with Gasteiger partial charge in [-0.3, -0.25) is 4.79 Å². The largest absolute Gasteiger partial charge is 0.480 e. The molecule has 0 aromatic heterocycles. The minimum Gasteiger partial charge on any atom is -0.480 e. The van der Waals surface area contributed by atoms with Gasteiger partial charge >= 0.3 is 5.97 Å². The quantitative estimate of drug-likeness (QED) is 0.254. The van der Waals surface area contributed by atoms with Crippen molar-refractivity contribution in [3.8, 4) is 11.1 Å². The maximum atomic E-state index is 13.4. The number of rotatable bonds is 10. The number of nitrogens with one attached hydrogen (secondary N) is 1. The molecule has 5 nitrogen and oxygen atoms in total. The highest BCUT2D eigenvalue weighted by Crippen LogP contribution is 2.35. The van der Waals surface area contributed by atoms with Gasteiger partial charge in [0.25, 0.3) is 5.91 Å². The van der Waals surface area contributed by atoms with Crippen molar-refractivity contribution >= 4 is 34.4 Å². The molecule has 4 aromatic carbocycles. The van der Waals surface area contributed by atoms with Gasteiger partial charge in [-0.1, -0.05) is 72.8 Å². The molecule has 0 spiro atoms. The molecule has 4 aromatic rings. The first-order valence-electron chi connectivity index (χ1n) is 12.2. The maximum absolute atomic E-state index is 13.4. The van der Waals surface area contributed by atoms with E-state index in [4.69, 9.17) is 4.74 Å². The van der Waals surface area contributed by atoms with Gasteiger partial charge in [0.15, 0.2) is 0 Å². The molecular weight excluding hydrogens is 482 g/mol. The number of hydrogen-bond donors (Lipinski definition) is 2. The number of carbonyl (C=O) groups excluding carboxylic acids is 1. The molecule has 0 bridgehead atoms. The molecule has 4 rings (SSSR count). The van der Waals surface area contributed by atoms with Gasteiger partial charge < -0.3 is 15.2 Å². The number of hydrogen-bond acceptors (Lipinski definition) is 4. The molecule has 0 saturated carbocycles. The van der Waals surface area contributed by atoms with Crippen LogP contribution < -0.4 is 5.32 Å². The maximum Gasteiger partial charge on any atom is 0.326 e. The molecule has 0 aliphatic carbocycles. The lowest BCUT2D eigenvalue weighted by Gasteiger charge is -2.22. The smallest absolute Gasteiger partial charge is 0.326 e. The number of carboxylic acid groups (broad SMARTS) is 1. The molecule has 2 atom stereocenters. The number of carboxylic acids is 1. The summed E-state index contributed by atoms with van der Waals surface area (Å²) < 4.78 is 6.01. The second kappa shape index (κ2) is 12.1. The summed E-state index contributed by atoms with van der Waals surface area (Å²) >= 11 is 1.55. The van der Waals surface area contributed by atoms with Crippen molar-refractivity contribution in [1.29, 1.82) is 0 Å². The molecule has 37 heavy (non-hydrogen) atoms. The summed E-state index contributed by atoms with van der Waals surface area (Å²) in [7, 11) is 1.68. The Balaban J connectivity index is 1.81. The summed E-state index contributed by atoms with van der Waals surface area (Å²) in [6.07, 6.45) is 1.92. The normalized spacial score (nSPS) is 12.7. The predicted molar refractivity (Wildman–Crippen MR) is 151 cm³/mol. The van der Waals surface area contributed by atoms with Crippen LogP contribution in [-0.2, 0) is 9.53 Å². The molecule has 2 N–H and O–H groups in total. The number of aliphatic carboxylic acids is 1. The van der Waals surface area contributed by atoms with Crippen molar-refractivity contribution in [2.24, 2.45) is 0 Å². The molecular formula is C31H31NO4S. The van der Waals surface area contributed by atoms with Crippen LogP contribution in [0.2, 0.25) is 0 Å². The highest BCUT2D eigenvalue weighted by molar-refractivity contribution is 7.98. The van der Waals surface area contributed by atoms with Crippen LogP contribution in [0.25, 0.3) is 21.9 Å². The lowest BCUT2D eigenvalue weighted by molar-refractivity contribution is -0.139. The van der Waals surface area contributed by atoms with Crippen molar-refractivity contribution in [2.75, 3.05) is 19.1 Å². The lowest BCUT2D eigenvalue weighted by atomic mass is 9.89. The second-order valence-electron chi connectivity index (χ2n) is 8.95. The van der Waals surface area contributed by atoms with Crippen LogP contribution in [0.1, 0.15) is 39.6 Å². The minimum atomic E-state index is -1.04.